The van der Waals surface area contributed by atoms with Gasteiger partial charge in [-0.15, -0.1) is 0 Å². The third-order valence-corrected chi connectivity index (χ3v) is 9.26. The van der Waals surface area contributed by atoms with Crippen LogP contribution in [-0.4, -0.2) is 51.9 Å². The second-order valence-corrected chi connectivity index (χ2v) is 12.8. The van der Waals surface area contributed by atoms with Crippen LogP contribution in [0.15, 0.2) is 103 Å². The number of hydrogen-bond donors (Lipinski definition) is 2. The summed E-state index contributed by atoms with van der Waals surface area (Å²) in [5, 5.41) is 17.0. The number of nitrogens with one attached hydrogen (secondary N) is 1. The molecule has 6 rings (SSSR count). The SMILES string of the molecule is Cc1cccc(OCCCC(=O)N2CCCc3c(-c4cnn(Cc5cccc(C(=O)N[C@H](Cc6ccccc6)C(=O)O)c5)c4)cccc32)c1C. The summed E-state index contributed by atoms with van der Waals surface area (Å²) in [7, 11) is 0. The van der Waals surface area contributed by atoms with Crippen molar-refractivity contribution in [2.24, 2.45) is 0 Å². The van der Waals surface area contributed by atoms with Gasteiger partial charge in [0, 0.05) is 42.4 Å². The lowest BCUT2D eigenvalue weighted by molar-refractivity contribution is -0.139. The Labute approximate surface area is 292 Å². The molecule has 4 aromatic carbocycles. The van der Waals surface area contributed by atoms with E-state index in [0.29, 0.717) is 38.1 Å². The van der Waals surface area contributed by atoms with Crippen LogP contribution in [0.5, 0.6) is 5.75 Å². The van der Waals surface area contributed by atoms with Crippen LogP contribution in [0, 0.1) is 13.8 Å². The minimum absolute atomic E-state index is 0.0991. The molecular weight excluding hydrogens is 628 g/mol. The van der Waals surface area contributed by atoms with E-state index in [1.54, 1.807) is 18.2 Å². The second kappa shape index (κ2) is 15.7. The highest BCUT2D eigenvalue weighted by Gasteiger charge is 2.25. The van der Waals surface area contributed by atoms with Gasteiger partial charge in [0.15, 0.2) is 0 Å². The summed E-state index contributed by atoms with van der Waals surface area (Å²) in [4.78, 5) is 40.3. The van der Waals surface area contributed by atoms with E-state index >= 15 is 0 Å². The first-order valence-electron chi connectivity index (χ1n) is 17.1. The average Bonchev–Trinajstić information content (AvgIpc) is 3.59. The molecule has 9 nitrogen and oxygen atoms in total. The predicted molar refractivity (Wildman–Crippen MR) is 194 cm³/mol. The van der Waals surface area contributed by atoms with Gasteiger partial charge in [-0.1, -0.05) is 66.7 Å². The van der Waals surface area contributed by atoms with Crippen molar-refractivity contribution < 1.29 is 24.2 Å². The van der Waals surface area contributed by atoms with Gasteiger partial charge in [0.05, 0.1) is 19.3 Å². The van der Waals surface area contributed by atoms with E-state index < -0.39 is 17.9 Å². The van der Waals surface area contributed by atoms with Crippen LogP contribution in [0.4, 0.5) is 5.69 Å². The molecule has 256 valence electrons. The van der Waals surface area contributed by atoms with Crippen LogP contribution in [0.25, 0.3) is 11.1 Å². The third kappa shape index (κ3) is 8.11. The van der Waals surface area contributed by atoms with E-state index in [0.717, 1.165) is 57.7 Å². The lowest BCUT2D eigenvalue weighted by Crippen LogP contribution is -2.42. The van der Waals surface area contributed by atoms with Gasteiger partial charge in [0.1, 0.15) is 11.8 Å². The molecule has 0 fully saturated rings. The minimum Gasteiger partial charge on any atom is -0.493 e. The van der Waals surface area contributed by atoms with Crippen molar-refractivity contribution in [2.45, 2.75) is 58.5 Å². The molecule has 0 bridgehead atoms. The Morgan fingerprint density at radius 3 is 2.54 bits per heavy atom. The first-order chi connectivity index (χ1) is 24.3. The number of carboxylic acid groups (broad SMARTS) is 1. The number of carbonyl (C=O) groups excluding carboxylic acids is 2. The van der Waals surface area contributed by atoms with Crippen LogP contribution in [-0.2, 0) is 29.0 Å². The Morgan fingerprint density at radius 2 is 1.72 bits per heavy atom. The first kappa shape index (κ1) is 34.2. The van der Waals surface area contributed by atoms with Gasteiger partial charge in [-0.25, -0.2) is 4.79 Å². The van der Waals surface area contributed by atoms with Gasteiger partial charge in [0.2, 0.25) is 5.91 Å². The van der Waals surface area contributed by atoms with E-state index in [-0.39, 0.29) is 12.3 Å². The molecule has 5 aromatic rings. The topological polar surface area (TPSA) is 114 Å². The van der Waals surface area contributed by atoms with Gasteiger partial charge < -0.3 is 20.1 Å². The summed E-state index contributed by atoms with van der Waals surface area (Å²) in [6.07, 6.45) is 6.80. The molecule has 0 radical (unpaired) electrons. The van der Waals surface area contributed by atoms with Gasteiger partial charge in [-0.3, -0.25) is 14.3 Å². The monoisotopic (exact) mass is 670 g/mol. The van der Waals surface area contributed by atoms with Crippen molar-refractivity contribution in [1.29, 1.82) is 0 Å². The minimum atomic E-state index is -1.09. The number of aliphatic carboxylic acids is 1. The summed E-state index contributed by atoms with van der Waals surface area (Å²) >= 11 is 0. The van der Waals surface area contributed by atoms with Crippen molar-refractivity contribution >= 4 is 23.5 Å². The zero-order valence-electron chi connectivity index (χ0n) is 28.5. The lowest BCUT2D eigenvalue weighted by atomic mass is 9.93. The standard InChI is InChI=1S/C41H42N4O5/c1-28-11-6-19-38(29(28)2)50-22-10-20-39(46)45-21-9-17-35-34(16-8-18-37(35)45)33-25-42-44(27-33)26-31-14-7-15-32(23-31)40(47)43-36(41(48)49)24-30-12-4-3-5-13-30/h3-8,11-16,18-19,23,25,27,36H,9-10,17,20-22,24,26H2,1-2H3,(H,43,47)(H,48,49)/t36-/m1/s1. The molecule has 0 saturated carbocycles. The Bertz CT molecular complexity index is 1990. The number of anilines is 1. The first-order valence-corrected chi connectivity index (χ1v) is 17.1. The zero-order valence-corrected chi connectivity index (χ0v) is 28.5. The van der Waals surface area contributed by atoms with Crippen molar-refractivity contribution in [1.82, 2.24) is 15.1 Å². The Morgan fingerprint density at radius 1 is 0.940 bits per heavy atom. The summed E-state index contributed by atoms with van der Waals surface area (Å²) in [5.74, 6) is -0.564. The summed E-state index contributed by atoms with van der Waals surface area (Å²) in [6, 6.07) is 27.4. The fourth-order valence-corrected chi connectivity index (χ4v) is 6.45. The van der Waals surface area contributed by atoms with Gasteiger partial charge in [-0.2, -0.15) is 5.10 Å². The second-order valence-electron chi connectivity index (χ2n) is 12.8. The maximum absolute atomic E-state index is 13.4. The average molecular weight is 671 g/mol. The van der Waals surface area contributed by atoms with Crippen LogP contribution in [0.3, 0.4) is 0 Å². The Balaban J connectivity index is 1.09. The summed E-state index contributed by atoms with van der Waals surface area (Å²) in [5.41, 5.74) is 8.48. The van der Waals surface area contributed by atoms with Crippen LogP contribution < -0.4 is 15.0 Å². The maximum Gasteiger partial charge on any atom is 0.326 e. The van der Waals surface area contributed by atoms with E-state index in [1.807, 2.05) is 82.6 Å². The molecule has 9 heteroatoms. The number of amides is 2. The van der Waals surface area contributed by atoms with E-state index in [4.69, 9.17) is 4.74 Å². The summed E-state index contributed by atoms with van der Waals surface area (Å²) < 4.78 is 7.81. The number of fused-ring (bicyclic) bond motifs is 1. The highest BCUT2D eigenvalue weighted by Crippen LogP contribution is 2.36. The Hall–Kier alpha value is -5.70. The fraction of sp³-hybridized carbons (Fsp3) is 0.268. The largest absolute Gasteiger partial charge is 0.493 e. The number of hydrogen-bond acceptors (Lipinski definition) is 5. The fourth-order valence-electron chi connectivity index (χ4n) is 6.45. The molecule has 0 unspecified atom stereocenters. The maximum atomic E-state index is 13.4. The molecule has 1 aromatic heterocycles. The molecule has 0 aliphatic carbocycles. The van der Waals surface area contributed by atoms with Crippen molar-refractivity contribution in [3.63, 3.8) is 0 Å². The number of rotatable bonds is 13. The van der Waals surface area contributed by atoms with E-state index in [2.05, 4.69) is 36.4 Å². The molecule has 1 aliphatic heterocycles. The molecule has 2 amide bonds. The smallest absolute Gasteiger partial charge is 0.326 e. The van der Waals surface area contributed by atoms with Crippen LogP contribution in [0.2, 0.25) is 0 Å². The van der Waals surface area contributed by atoms with Gasteiger partial charge >= 0.3 is 5.97 Å². The number of aryl methyl sites for hydroxylation is 1. The highest BCUT2D eigenvalue weighted by atomic mass is 16.5. The molecule has 1 aliphatic rings. The molecule has 50 heavy (non-hydrogen) atoms. The molecule has 0 spiro atoms. The van der Waals surface area contributed by atoms with E-state index in [9.17, 15) is 19.5 Å². The number of ether oxygens (including phenoxy) is 1. The normalized spacial score (nSPS) is 13.0. The molecule has 1 atom stereocenters. The number of carbonyl (C=O) groups is 3. The number of benzene rings is 4. The van der Waals surface area contributed by atoms with Crippen LogP contribution in [0.1, 0.15) is 57.4 Å². The summed E-state index contributed by atoms with van der Waals surface area (Å²) in [6.45, 7) is 5.72. The number of aromatic nitrogens is 2. The van der Waals surface area contributed by atoms with E-state index in [1.165, 1.54) is 5.56 Å². The molecule has 0 saturated heterocycles. The van der Waals surface area contributed by atoms with Gasteiger partial charge in [0.25, 0.3) is 5.91 Å². The third-order valence-electron chi connectivity index (χ3n) is 9.26. The predicted octanol–water partition coefficient (Wildman–Crippen LogP) is 6.78. The van der Waals surface area contributed by atoms with Crippen molar-refractivity contribution in [3.05, 3.63) is 137 Å². The van der Waals surface area contributed by atoms with Crippen molar-refractivity contribution in [3.8, 4) is 16.9 Å². The quantitative estimate of drug-likeness (QED) is 0.134. The van der Waals surface area contributed by atoms with Gasteiger partial charge in [-0.05, 0) is 90.8 Å². The lowest BCUT2D eigenvalue weighted by Gasteiger charge is -2.31. The highest BCUT2D eigenvalue weighted by molar-refractivity contribution is 5.97. The van der Waals surface area contributed by atoms with Crippen molar-refractivity contribution in [2.75, 3.05) is 18.1 Å². The number of nitrogens with zero attached hydrogens (tertiary/aromatic N) is 3. The zero-order chi connectivity index (χ0) is 35.0. The number of carboxylic acids is 1. The molecule has 2 N–H and O–H groups in total. The molecular formula is C41H42N4O5. The molecule has 2 heterocycles. The Kier molecular flexibility index (Phi) is 10.7. The van der Waals surface area contributed by atoms with Crippen LogP contribution >= 0.6 is 0 Å².